The molecule has 1 atom stereocenters. The van der Waals surface area contributed by atoms with Crippen LogP contribution < -0.4 is 4.90 Å². The summed E-state index contributed by atoms with van der Waals surface area (Å²) in [5.74, 6) is -0.272. The summed E-state index contributed by atoms with van der Waals surface area (Å²) in [5.41, 5.74) is 1.95. The van der Waals surface area contributed by atoms with E-state index in [2.05, 4.69) is 15.1 Å². The van der Waals surface area contributed by atoms with Crippen LogP contribution in [0.5, 0.6) is 0 Å². The number of aromatic amines is 1. The topological polar surface area (TPSA) is 75.0 Å². The Morgan fingerprint density at radius 2 is 2.07 bits per heavy atom. The molecule has 1 aliphatic rings. The fraction of sp³-hybridized carbons (Fsp3) is 0.150. The van der Waals surface area contributed by atoms with Crippen molar-refractivity contribution >= 4 is 34.1 Å². The van der Waals surface area contributed by atoms with E-state index in [1.54, 1.807) is 6.07 Å². The first-order valence-corrected chi connectivity index (χ1v) is 9.14. The molecule has 4 aromatic rings. The molecule has 0 saturated carbocycles. The first-order valence-electron chi connectivity index (χ1n) is 8.76. The summed E-state index contributed by atoms with van der Waals surface area (Å²) in [5, 5.41) is 5.03. The second-order valence-electron chi connectivity index (χ2n) is 6.68. The molecule has 2 aromatic heterocycles. The second-order valence-corrected chi connectivity index (χ2v) is 7.09. The molecular formula is C20H14ClFN4O2. The number of halogens is 2. The van der Waals surface area contributed by atoms with Crippen molar-refractivity contribution in [1.82, 2.24) is 15.1 Å². The third-order valence-corrected chi connectivity index (χ3v) is 5.27. The van der Waals surface area contributed by atoms with Crippen molar-refractivity contribution in [3.63, 3.8) is 0 Å². The van der Waals surface area contributed by atoms with Crippen molar-refractivity contribution in [2.75, 3.05) is 11.4 Å². The Morgan fingerprint density at radius 3 is 2.96 bits per heavy atom. The Kier molecular flexibility index (Phi) is 3.91. The fourth-order valence-corrected chi connectivity index (χ4v) is 3.77. The van der Waals surface area contributed by atoms with Gasteiger partial charge in [-0.3, -0.25) is 4.79 Å². The van der Waals surface area contributed by atoms with E-state index >= 15 is 0 Å². The second kappa shape index (κ2) is 6.45. The van der Waals surface area contributed by atoms with Crippen LogP contribution in [0, 0.1) is 5.82 Å². The lowest BCUT2D eigenvalue weighted by atomic mass is 10.1. The van der Waals surface area contributed by atoms with E-state index in [-0.39, 0.29) is 35.5 Å². The van der Waals surface area contributed by atoms with Crippen LogP contribution in [0.4, 0.5) is 10.1 Å². The van der Waals surface area contributed by atoms with Crippen LogP contribution in [0.15, 0.2) is 53.2 Å². The predicted octanol–water partition coefficient (Wildman–Crippen LogP) is 4.53. The minimum absolute atomic E-state index is 0.0183. The molecule has 0 aliphatic carbocycles. The largest absolute Gasteiger partial charge is 0.361 e. The van der Waals surface area contributed by atoms with Crippen LogP contribution in [0.1, 0.15) is 18.2 Å². The van der Waals surface area contributed by atoms with Crippen molar-refractivity contribution in [2.45, 2.75) is 12.3 Å². The normalized spacial score (nSPS) is 17.0. The SMILES string of the molecule is O=C1CC(c2noc(-c3cccc4[nH]ccc34)n2)CN1c1cccc(Cl)c1F. The fourth-order valence-electron chi connectivity index (χ4n) is 3.60. The molecular weight excluding hydrogens is 383 g/mol. The standard InChI is InChI=1S/C20H14ClFN4O2/c21-14-4-2-6-16(18(14)22)26-10-11(9-17(26)27)19-24-20(28-25-19)13-3-1-5-15-12(13)7-8-23-15/h1-8,11,23H,9-10H2. The molecule has 1 unspecified atom stereocenters. The van der Waals surface area contributed by atoms with Gasteiger partial charge in [0.05, 0.1) is 10.7 Å². The molecule has 3 heterocycles. The van der Waals surface area contributed by atoms with Gasteiger partial charge in [0.2, 0.25) is 5.91 Å². The number of nitrogens with zero attached hydrogens (tertiary/aromatic N) is 3. The van der Waals surface area contributed by atoms with E-state index in [4.69, 9.17) is 16.1 Å². The van der Waals surface area contributed by atoms with Gasteiger partial charge in [-0.25, -0.2) is 4.39 Å². The number of carbonyl (C=O) groups excluding carboxylic acids is 1. The number of hydrogen-bond donors (Lipinski definition) is 1. The third kappa shape index (κ3) is 2.66. The monoisotopic (exact) mass is 396 g/mol. The summed E-state index contributed by atoms with van der Waals surface area (Å²) in [6, 6.07) is 12.3. The Balaban J connectivity index is 1.45. The Labute approximate surface area is 163 Å². The number of nitrogens with one attached hydrogen (secondary N) is 1. The summed E-state index contributed by atoms with van der Waals surface area (Å²) in [7, 11) is 0. The van der Waals surface area contributed by atoms with Gasteiger partial charge in [-0.15, -0.1) is 0 Å². The molecule has 6 nitrogen and oxygen atoms in total. The van der Waals surface area contributed by atoms with Crippen LogP contribution in [0.3, 0.4) is 0 Å². The molecule has 140 valence electrons. The van der Waals surface area contributed by atoms with Crippen LogP contribution in [0.25, 0.3) is 22.4 Å². The molecule has 0 radical (unpaired) electrons. The summed E-state index contributed by atoms with van der Waals surface area (Å²) >= 11 is 5.85. The minimum atomic E-state index is -0.605. The molecule has 2 aromatic carbocycles. The molecule has 0 spiro atoms. The average molecular weight is 397 g/mol. The maximum atomic E-state index is 14.3. The average Bonchev–Trinajstić information content (AvgIpc) is 3.42. The van der Waals surface area contributed by atoms with Crippen molar-refractivity contribution in [2.24, 2.45) is 0 Å². The molecule has 5 rings (SSSR count). The molecule has 1 N–H and O–H groups in total. The zero-order valence-electron chi connectivity index (χ0n) is 14.5. The first kappa shape index (κ1) is 16.9. The molecule has 1 saturated heterocycles. The van der Waals surface area contributed by atoms with Gasteiger partial charge < -0.3 is 14.4 Å². The maximum Gasteiger partial charge on any atom is 0.258 e. The zero-order valence-corrected chi connectivity index (χ0v) is 15.3. The van der Waals surface area contributed by atoms with Gasteiger partial charge in [0.15, 0.2) is 11.6 Å². The molecule has 1 amide bonds. The van der Waals surface area contributed by atoms with E-state index in [0.29, 0.717) is 11.7 Å². The van der Waals surface area contributed by atoms with Crippen LogP contribution in [-0.4, -0.2) is 27.6 Å². The van der Waals surface area contributed by atoms with Gasteiger partial charge >= 0.3 is 0 Å². The Bertz CT molecular complexity index is 1200. The highest BCUT2D eigenvalue weighted by molar-refractivity contribution is 6.31. The van der Waals surface area contributed by atoms with E-state index in [1.807, 2.05) is 30.5 Å². The third-order valence-electron chi connectivity index (χ3n) is 4.98. The minimum Gasteiger partial charge on any atom is -0.361 e. The van der Waals surface area contributed by atoms with Gasteiger partial charge in [-0.2, -0.15) is 4.98 Å². The van der Waals surface area contributed by atoms with Crippen molar-refractivity contribution < 1.29 is 13.7 Å². The summed E-state index contributed by atoms with van der Waals surface area (Å²) in [6.07, 6.45) is 2.03. The van der Waals surface area contributed by atoms with E-state index in [9.17, 15) is 9.18 Å². The summed E-state index contributed by atoms with van der Waals surface area (Å²) in [4.78, 5) is 21.5. The highest BCUT2D eigenvalue weighted by Crippen LogP contribution is 2.35. The first-order chi connectivity index (χ1) is 13.6. The lowest BCUT2D eigenvalue weighted by Crippen LogP contribution is -2.25. The van der Waals surface area contributed by atoms with E-state index in [1.165, 1.54) is 17.0 Å². The van der Waals surface area contributed by atoms with E-state index in [0.717, 1.165) is 16.5 Å². The summed E-state index contributed by atoms with van der Waals surface area (Å²) in [6.45, 7) is 0.267. The molecule has 1 fully saturated rings. The number of fused-ring (bicyclic) bond motifs is 1. The van der Waals surface area contributed by atoms with Gasteiger partial charge in [0.25, 0.3) is 5.89 Å². The number of anilines is 1. The van der Waals surface area contributed by atoms with E-state index < -0.39 is 5.82 Å². The van der Waals surface area contributed by atoms with Gasteiger partial charge in [-0.1, -0.05) is 28.9 Å². The highest BCUT2D eigenvalue weighted by Gasteiger charge is 2.36. The Morgan fingerprint density at radius 1 is 1.21 bits per heavy atom. The summed E-state index contributed by atoms with van der Waals surface area (Å²) < 4.78 is 19.8. The zero-order chi connectivity index (χ0) is 19.3. The molecule has 1 aliphatic heterocycles. The lowest BCUT2D eigenvalue weighted by molar-refractivity contribution is -0.117. The number of benzene rings is 2. The van der Waals surface area contributed by atoms with Gasteiger partial charge in [0, 0.05) is 41.5 Å². The predicted molar refractivity (Wildman–Crippen MR) is 103 cm³/mol. The van der Waals surface area contributed by atoms with Crippen LogP contribution >= 0.6 is 11.6 Å². The number of carbonyl (C=O) groups is 1. The number of amides is 1. The number of H-pyrrole nitrogens is 1. The number of rotatable bonds is 3. The molecule has 8 heteroatoms. The van der Waals surface area contributed by atoms with Gasteiger partial charge in [0.1, 0.15) is 0 Å². The molecule has 0 bridgehead atoms. The van der Waals surface area contributed by atoms with Crippen molar-refractivity contribution in [1.29, 1.82) is 0 Å². The molecule has 28 heavy (non-hydrogen) atoms. The highest BCUT2D eigenvalue weighted by atomic mass is 35.5. The smallest absolute Gasteiger partial charge is 0.258 e. The van der Waals surface area contributed by atoms with Crippen LogP contribution in [-0.2, 0) is 4.79 Å². The number of aromatic nitrogens is 3. The lowest BCUT2D eigenvalue weighted by Gasteiger charge is -2.17. The van der Waals surface area contributed by atoms with Crippen molar-refractivity contribution in [3.8, 4) is 11.5 Å². The van der Waals surface area contributed by atoms with Gasteiger partial charge in [-0.05, 0) is 30.3 Å². The Hall–Kier alpha value is -3.19. The maximum absolute atomic E-state index is 14.3. The quantitative estimate of drug-likeness (QED) is 0.552. The van der Waals surface area contributed by atoms with Crippen LogP contribution in [0.2, 0.25) is 5.02 Å². The van der Waals surface area contributed by atoms with Crippen molar-refractivity contribution in [3.05, 3.63) is 65.3 Å². The number of hydrogen-bond acceptors (Lipinski definition) is 4.